The van der Waals surface area contributed by atoms with Crippen LogP contribution in [0.5, 0.6) is 11.5 Å². The van der Waals surface area contributed by atoms with Crippen molar-refractivity contribution in [3.8, 4) is 11.5 Å². The van der Waals surface area contributed by atoms with Crippen LogP contribution in [0.15, 0.2) is 18.2 Å². The summed E-state index contributed by atoms with van der Waals surface area (Å²) in [4.78, 5) is 17.4. The first kappa shape index (κ1) is 16.1. The van der Waals surface area contributed by atoms with Crippen molar-refractivity contribution in [2.24, 2.45) is 0 Å². The van der Waals surface area contributed by atoms with Crippen molar-refractivity contribution in [3.05, 3.63) is 33.8 Å². The summed E-state index contributed by atoms with van der Waals surface area (Å²) in [5.74, 6) is 1.21. The highest BCUT2D eigenvalue weighted by Gasteiger charge is 2.10. The Morgan fingerprint density at radius 1 is 1.27 bits per heavy atom. The summed E-state index contributed by atoms with van der Waals surface area (Å²) in [7, 11) is 3.12. The van der Waals surface area contributed by atoms with Gasteiger partial charge in [0.25, 0.3) is 0 Å². The number of rotatable bonds is 5. The van der Waals surface area contributed by atoms with Crippen molar-refractivity contribution in [1.82, 2.24) is 10.3 Å². The van der Waals surface area contributed by atoms with Crippen LogP contribution in [0.1, 0.15) is 15.6 Å². The minimum absolute atomic E-state index is 0.297. The van der Waals surface area contributed by atoms with Crippen molar-refractivity contribution in [2.45, 2.75) is 20.4 Å². The van der Waals surface area contributed by atoms with Gasteiger partial charge in [0, 0.05) is 10.9 Å². The molecule has 2 amide bonds. The number of carbonyl (C=O) groups excluding carboxylic acids is 1. The van der Waals surface area contributed by atoms with Gasteiger partial charge in [-0.1, -0.05) is 0 Å². The summed E-state index contributed by atoms with van der Waals surface area (Å²) in [5, 5.41) is 6.57. The second kappa shape index (κ2) is 7.13. The third-order valence-corrected chi connectivity index (χ3v) is 4.14. The van der Waals surface area contributed by atoms with Gasteiger partial charge >= 0.3 is 6.03 Å². The number of aryl methyl sites for hydroxylation is 2. The van der Waals surface area contributed by atoms with E-state index in [-0.39, 0.29) is 6.03 Å². The van der Waals surface area contributed by atoms with E-state index in [9.17, 15) is 4.79 Å². The van der Waals surface area contributed by atoms with E-state index in [1.807, 2.05) is 13.8 Å². The molecule has 2 rings (SSSR count). The molecule has 0 aliphatic rings. The third kappa shape index (κ3) is 3.88. The first-order valence-electron chi connectivity index (χ1n) is 6.73. The molecule has 2 aromatic rings. The molecule has 2 N–H and O–H groups in total. The van der Waals surface area contributed by atoms with E-state index in [0.717, 1.165) is 15.6 Å². The number of ether oxygens (including phenoxy) is 2. The summed E-state index contributed by atoms with van der Waals surface area (Å²) in [5.41, 5.74) is 1.53. The molecule has 0 aliphatic carbocycles. The van der Waals surface area contributed by atoms with Gasteiger partial charge in [-0.25, -0.2) is 9.78 Å². The number of anilines is 1. The molecule has 0 saturated heterocycles. The second-order valence-electron chi connectivity index (χ2n) is 4.62. The largest absolute Gasteiger partial charge is 0.497 e. The monoisotopic (exact) mass is 321 g/mol. The molecule has 7 heteroatoms. The molecule has 1 aromatic heterocycles. The molecule has 118 valence electrons. The van der Waals surface area contributed by atoms with Crippen LogP contribution in [-0.4, -0.2) is 25.2 Å². The number of nitrogens with one attached hydrogen (secondary N) is 2. The maximum atomic E-state index is 12.0. The van der Waals surface area contributed by atoms with E-state index >= 15 is 0 Å². The molecular weight excluding hydrogens is 302 g/mol. The highest BCUT2D eigenvalue weighted by Crippen LogP contribution is 2.28. The van der Waals surface area contributed by atoms with Crippen LogP contribution in [0.3, 0.4) is 0 Å². The Labute approximate surface area is 133 Å². The van der Waals surface area contributed by atoms with Gasteiger partial charge in [0.2, 0.25) is 0 Å². The lowest BCUT2D eigenvalue weighted by atomic mass is 10.2. The predicted octanol–water partition coefficient (Wildman–Crippen LogP) is 3.10. The first-order valence-corrected chi connectivity index (χ1v) is 7.55. The molecule has 0 saturated carbocycles. The number of thiazole rings is 1. The Morgan fingerprint density at radius 3 is 2.64 bits per heavy atom. The molecule has 0 bridgehead atoms. The quantitative estimate of drug-likeness (QED) is 0.887. The van der Waals surface area contributed by atoms with Gasteiger partial charge in [0.1, 0.15) is 11.5 Å². The van der Waals surface area contributed by atoms with E-state index in [1.165, 1.54) is 0 Å². The SMILES string of the molecule is COc1ccc(NC(=O)NCc2sc(C)nc2C)c(OC)c1. The number of urea groups is 1. The lowest BCUT2D eigenvalue weighted by Gasteiger charge is -2.12. The van der Waals surface area contributed by atoms with Crippen LogP contribution in [0.4, 0.5) is 10.5 Å². The highest BCUT2D eigenvalue weighted by molar-refractivity contribution is 7.11. The summed E-state index contributed by atoms with van der Waals surface area (Å²) >= 11 is 1.58. The molecule has 0 aliphatic heterocycles. The average molecular weight is 321 g/mol. The fraction of sp³-hybridized carbons (Fsp3) is 0.333. The van der Waals surface area contributed by atoms with Crippen LogP contribution < -0.4 is 20.1 Å². The number of carbonyl (C=O) groups is 1. The van der Waals surface area contributed by atoms with E-state index in [0.29, 0.717) is 23.7 Å². The normalized spacial score (nSPS) is 10.2. The van der Waals surface area contributed by atoms with E-state index in [4.69, 9.17) is 9.47 Å². The number of methoxy groups -OCH3 is 2. The Hall–Kier alpha value is -2.28. The molecule has 22 heavy (non-hydrogen) atoms. The van der Waals surface area contributed by atoms with Crippen LogP contribution >= 0.6 is 11.3 Å². The van der Waals surface area contributed by atoms with Crippen molar-refractivity contribution in [1.29, 1.82) is 0 Å². The van der Waals surface area contributed by atoms with E-state index in [2.05, 4.69) is 15.6 Å². The van der Waals surface area contributed by atoms with Crippen LogP contribution in [-0.2, 0) is 6.54 Å². The van der Waals surface area contributed by atoms with Gasteiger partial charge in [-0.2, -0.15) is 0 Å². The highest BCUT2D eigenvalue weighted by atomic mass is 32.1. The number of benzene rings is 1. The van der Waals surface area contributed by atoms with Crippen molar-refractivity contribution in [2.75, 3.05) is 19.5 Å². The zero-order valence-electron chi connectivity index (χ0n) is 13.0. The van der Waals surface area contributed by atoms with Gasteiger partial charge < -0.3 is 20.1 Å². The van der Waals surface area contributed by atoms with Gasteiger partial charge in [0.05, 0.1) is 37.2 Å². The van der Waals surface area contributed by atoms with Gasteiger partial charge in [-0.15, -0.1) is 11.3 Å². The number of hydrogen-bond donors (Lipinski definition) is 2. The summed E-state index contributed by atoms with van der Waals surface area (Å²) < 4.78 is 10.4. The lowest BCUT2D eigenvalue weighted by Crippen LogP contribution is -2.28. The van der Waals surface area contributed by atoms with Gasteiger partial charge in [-0.3, -0.25) is 0 Å². The summed E-state index contributed by atoms with van der Waals surface area (Å²) in [6, 6.07) is 4.91. The van der Waals surface area contributed by atoms with E-state index in [1.54, 1.807) is 43.8 Å². The number of amides is 2. The standard InChI is InChI=1S/C15H19N3O3S/c1-9-14(22-10(2)17-9)8-16-15(19)18-12-6-5-11(20-3)7-13(12)21-4/h5-7H,8H2,1-4H3,(H2,16,18,19). The molecule has 1 heterocycles. The number of hydrogen-bond acceptors (Lipinski definition) is 5. The Morgan fingerprint density at radius 2 is 2.05 bits per heavy atom. The van der Waals surface area contributed by atoms with Crippen LogP contribution in [0.25, 0.3) is 0 Å². The van der Waals surface area contributed by atoms with Gasteiger partial charge in [0.15, 0.2) is 0 Å². The smallest absolute Gasteiger partial charge is 0.319 e. The van der Waals surface area contributed by atoms with Crippen LogP contribution in [0.2, 0.25) is 0 Å². The molecular formula is C15H19N3O3S. The topological polar surface area (TPSA) is 72.5 Å². The average Bonchev–Trinajstić information content (AvgIpc) is 2.83. The molecule has 0 radical (unpaired) electrons. The molecule has 1 aromatic carbocycles. The fourth-order valence-electron chi connectivity index (χ4n) is 1.97. The molecule has 0 spiro atoms. The van der Waals surface area contributed by atoms with Gasteiger partial charge in [-0.05, 0) is 26.0 Å². The minimum atomic E-state index is -0.297. The molecule has 6 nitrogen and oxygen atoms in total. The van der Waals surface area contributed by atoms with Crippen LogP contribution in [0, 0.1) is 13.8 Å². The maximum Gasteiger partial charge on any atom is 0.319 e. The van der Waals surface area contributed by atoms with E-state index < -0.39 is 0 Å². The number of aromatic nitrogens is 1. The zero-order valence-corrected chi connectivity index (χ0v) is 13.8. The molecule has 0 atom stereocenters. The lowest BCUT2D eigenvalue weighted by molar-refractivity contribution is 0.251. The Bertz CT molecular complexity index is 670. The van der Waals surface area contributed by atoms with Crippen molar-refractivity contribution < 1.29 is 14.3 Å². The van der Waals surface area contributed by atoms with Crippen molar-refractivity contribution >= 4 is 23.1 Å². The zero-order chi connectivity index (χ0) is 16.1. The second-order valence-corrected chi connectivity index (χ2v) is 5.90. The minimum Gasteiger partial charge on any atom is -0.497 e. The van der Waals surface area contributed by atoms with Crippen molar-refractivity contribution in [3.63, 3.8) is 0 Å². The third-order valence-electron chi connectivity index (χ3n) is 3.07. The molecule has 0 unspecified atom stereocenters. The number of nitrogens with zero attached hydrogens (tertiary/aromatic N) is 1. The maximum absolute atomic E-state index is 12.0. The molecule has 0 fully saturated rings. The fourth-order valence-corrected chi connectivity index (χ4v) is 2.84. The predicted molar refractivity (Wildman–Crippen MR) is 87.0 cm³/mol. The Kier molecular flexibility index (Phi) is 5.21. The summed E-state index contributed by atoms with van der Waals surface area (Å²) in [6.07, 6.45) is 0. The first-order chi connectivity index (χ1) is 10.5. The Balaban J connectivity index is 1.98. The summed E-state index contributed by atoms with van der Waals surface area (Å²) in [6.45, 7) is 4.33.